The summed E-state index contributed by atoms with van der Waals surface area (Å²) in [6, 6.07) is 18.0. The second-order valence-corrected chi connectivity index (χ2v) is 13.6. The first kappa shape index (κ1) is 34.6. The molecule has 3 aliphatic rings. The van der Waals surface area contributed by atoms with Gasteiger partial charge in [-0.25, -0.2) is 14.6 Å². The molecule has 3 aromatic carbocycles. The standard InChI is InChI=1S/C38H37Cl2N5O6/c1-48-32-10-9-25(16-34(32)49-2)33(17-28-29(39)19-41-20-30(28)40)50-37(46)26-6-3-5-23(15-26)21-45(31-8-4-7-27-18-42-43-36(27)31)38(47)51-35-22-44-13-11-24(35)12-14-44/h3-10,15-16,18-20,24,33,35H,11-14,17,21-22H2,1-2H3,(H,42,43)/p+1/t33-,35-/m0/s1. The van der Waals surface area contributed by atoms with E-state index in [1.54, 1.807) is 67.0 Å². The van der Waals surface area contributed by atoms with Crippen molar-refractivity contribution in [2.45, 2.75) is 38.0 Å². The van der Waals surface area contributed by atoms with Crippen LogP contribution in [0.3, 0.4) is 0 Å². The van der Waals surface area contributed by atoms with Gasteiger partial charge in [-0.3, -0.25) is 14.9 Å². The lowest BCUT2D eigenvalue weighted by atomic mass is 9.86. The summed E-state index contributed by atoms with van der Waals surface area (Å²) in [5.74, 6) is 0.795. The molecule has 2 aromatic heterocycles. The van der Waals surface area contributed by atoms with E-state index >= 15 is 0 Å². The SMILES string of the molecule is COc1ccc([C@H](Cc2c(Cl)c[nH+]cc2Cl)OC(=O)c2cccc(CN(C(=O)O[C@H]3CN4CCC3CC4)c3cccc4cn[nH]c34)c2)cc1OC. The Balaban J connectivity index is 1.17. The van der Waals surface area contributed by atoms with E-state index in [2.05, 4.69) is 20.1 Å². The predicted octanol–water partition coefficient (Wildman–Crippen LogP) is 7.08. The van der Waals surface area contributed by atoms with Crippen molar-refractivity contribution in [2.24, 2.45) is 5.92 Å². The summed E-state index contributed by atoms with van der Waals surface area (Å²) >= 11 is 13.0. The average Bonchev–Trinajstić information content (AvgIpc) is 3.65. The molecule has 51 heavy (non-hydrogen) atoms. The van der Waals surface area contributed by atoms with Gasteiger partial charge in [-0.1, -0.05) is 53.5 Å². The second-order valence-electron chi connectivity index (χ2n) is 12.8. The van der Waals surface area contributed by atoms with Crippen molar-refractivity contribution in [3.8, 4) is 11.5 Å². The number of benzene rings is 3. The number of carbonyl (C=O) groups is 2. The minimum absolute atomic E-state index is 0.143. The predicted molar refractivity (Wildman–Crippen MR) is 193 cm³/mol. The molecular formula is C38H38Cl2N5O6+. The maximum absolute atomic E-state index is 14.0. The molecule has 8 rings (SSSR count). The number of anilines is 1. The number of ether oxygens (including phenoxy) is 4. The molecule has 3 fully saturated rings. The quantitative estimate of drug-likeness (QED) is 0.143. The lowest BCUT2D eigenvalue weighted by molar-refractivity contribution is -0.377. The van der Waals surface area contributed by atoms with Crippen molar-refractivity contribution < 1.29 is 33.5 Å². The van der Waals surface area contributed by atoms with E-state index in [0.29, 0.717) is 60.9 Å². The zero-order chi connectivity index (χ0) is 35.5. The Morgan fingerprint density at radius 3 is 2.49 bits per heavy atom. The molecule has 5 heterocycles. The van der Waals surface area contributed by atoms with E-state index in [1.165, 1.54) is 7.11 Å². The molecule has 0 unspecified atom stereocenters. The zero-order valence-corrected chi connectivity index (χ0v) is 29.7. The molecule has 3 saturated heterocycles. The number of fused-ring (bicyclic) bond motifs is 4. The Kier molecular flexibility index (Phi) is 10.3. The summed E-state index contributed by atoms with van der Waals surface area (Å²) in [6.07, 6.45) is 5.77. The van der Waals surface area contributed by atoms with Crippen LogP contribution in [0.5, 0.6) is 11.5 Å². The Hall–Kier alpha value is -4.84. The molecular weight excluding hydrogens is 693 g/mol. The number of H-pyrrole nitrogens is 2. The van der Waals surface area contributed by atoms with Gasteiger partial charge >= 0.3 is 12.1 Å². The van der Waals surface area contributed by atoms with E-state index in [-0.39, 0.29) is 19.1 Å². The molecule has 264 valence electrons. The van der Waals surface area contributed by atoms with Crippen molar-refractivity contribution in [1.82, 2.24) is 15.1 Å². The first-order chi connectivity index (χ1) is 24.8. The van der Waals surface area contributed by atoms with E-state index in [9.17, 15) is 9.59 Å². The van der Waals surface area contributed by atoms with Crippen LogP contribution in [0, 0.1) is 5.92 Å². The fourth-order valence-corrected chi connectivity index (χ4v) is 7.51. The Bertz CT molecular complexity index is 2030. The first-order valence-electron chi connectivity index (χ1n) is 16.8. The number of pyridine rings is 1. The lowest BCUT2D eigenvalue weighted by Crippen LogP contribution is -2.53. The summed E-state index contributed by atoms with van der Waals surface area (Å²) < 4.78 is 23.4. The highest BCUT2D eigenvalue weighted by Crippen LogP contribution is 2.36. The number of esters is 1. The molecule has 2 N–H and O–H groups in total. The van der Waals surface area contributed by atoms with Gasteiger partial charge in [0.2, 0.25) is 0 Å². The second kappa shape index (κ2) is 15.2. The highest BCUT2D eigenvalue weighted by molar-refractivity contribution is 6.35. The number of aromatic amines is 2. The smallest absolute Gasteiger partial charge is 0.414 e. The third-order valence-electron chi connectivity index (χ3n) is 9.73. The summed E-state index contributed by atoms with van der Waals surface area (Å²) in [7, 11) is 3.09. The Labute approximate surface area is 305 Å². The summed E-state index contributed by atoms with van der Waals surface area (Å²) in [4.78, 5) is 34.8. The van der Waals surface area contributed by atoms with Gasteiger partial charge in [0.15, 0.2) is 23.9 Å². The van der Waals surface area contributed by atoms with Crippen molar-refractivity contribution in [3.63, 3.8) is 0 Å². The number of amides is 1. The number of aromatic nitrogens is 3. The van der Waals surface area contributed by atoms with Gasteiger partial charge < -0.3 is 18.9 Å². The van der Waals surface area contributed by atoms with Crippen LogP contribution in [0.1, 0.15) is 46.0 Å². The summed E-state index contributed by atoms with van der Waals surface area (Å²) in [5.41, 5.74) is 3.63. The number of halogens is 2. The largest absolute Gasteiger partial charge is 0.493 e. The van der Waals surface area contributed by atoms with Crippen LogP contribution in [0.25, 0.3) is 10.9 Å². The number of hydrogen-bond donors (Lipinski definition) is 1. The van der Waals surface area contributed by atoms with Crippen LogP contribution >= 0.6 is 23.2 Å². The maximum atomic E-state index is 14.0. The monoisotopic (exact) mass is 730 g/mol. The Morgan fingerprint density at radius 1 is 1.00 bits per heavy atom. The van der Waals surface area contributed by atoms with Crippen molar-refractivity contribution in [2.75, 3.05) is 38.8 Å². The van der Waals surface area contributed by atoms with E-state index in [4.69, 9.17) is 42.1 Å². The molecule has 2 atom stereocenters. The Morgan fingerprint density at radius 2 is 1.76 bits per heavy atom. The van der Waals surface area contributed by atoms with Crippen molar-refractivity contribution in [1.29, 1.82) is 0 Å². The van der Waals surface area contributed by atoms with E-state index in [1.807, 2.05) is 24.3 Å². The lowest BCUT2D eigenvalue weighted by Gasteiger charge is -2.44. The number of nitrogens with zero attached hydrogens (tertiary/aromatic N) is 3. The molecule has 0 saturated carbocycles. The molecule has 11 nitrogen and oxygen atoms in total. The number of rotatable bonds is 11. The van der Waals surface area contributed by atoms with Crippen LogP contribution in [0.4, 0.5) is 10.5 Å². The average molecular weight is 732 g/mol. The van der Waals surface area contributed by atoms with Crippen LogP contribution in [0.2, 0.25) is 10.0 Å². The summed E-state index contributed by atoms with van der Waals surface area (Å²) in [5, 5.41) is 8.91. The third-order valence-corrected chi connectivity index (χ3v) is 10.4. The maximum Gasteiger partial charge on any atom is 0.414 e. The third kappa shape index (κ3) is 7.46. The van der Waals surface area contributed by atoms with Gasteiger partial charge in [-0.2, -0.15) is 5.10 Å². The molecule has 1 amide bonds. The highest BCUT2D eigenvalue weighted by atomic mass is 35.5. The van der Waals surface area contributed by atoms with Crippen LogP contribution in [-0.2, 0) is 22.4 Å². The van der Waals surface area contributed by atoms with Gasteiger partial charge in [-0.15, -0.1) is 0 Å². The number of carbonyl (C=O) groups excluding carboxylic acids is 2. The van der Waals surface area contributed by atoms with Crippen LogP contribution in [-0.4, -0.2) is 67.1 Å². The molecule has 0 radical (unpaired) electrons. The molecule has 2 bridgehead atoms. The molecule has 13 heteroatoms. The zero-order valence-electron chi connectivity index (χ0n) is 28.2. The molecule has 0 aliphatic carbocycles. The number of piperidine rings is 3. The van der Waals surface area contributed by atoms with Gasteiger partial charge in [-0.05, 0) is 73.3 Å². The van der Waals surface area contributed by atoms with Crippen LogP contribution in [0.15, 0.2) is 79.3 Å². The highest BCUT2D eigenvalue weighted by Gasteiger charge is 2.38. The van der Waals surface area contributed by atoms with Gasteiger partial charge in [0, 0.05) is 23.9 Å². The number of nitrogens with one attached hydrogen (secondary N) is 2. The number of methoxy groups -OCH3 is 2. The minimum Gasteiger partial charge on any atom is -0.493 e. The number of hydrogen-bond acceptors (Lipinski definition) is 8. The fourth-order valence-electron chi connectivity index (χ4n) is 6.98. The van der Waals surface area contributed by atoms with Crippen molar-refractivity contribution >= 4 is 51.9 Å². The van der Waals surface area contributed by atoms with Crippen molar-refractivity contribution in [3.05, 3.63) is 112 Å². The fraction of sp³-hybridized carbons (Fsp3) is 0.316. The van der Waals surface area contributed by atoms with Gasteiger partial charge in [0.1, 0.15) is 22.3 Å². The molecule has 0 spiro atoms. The van der Waals surface area contributed by atoms with E-state index in [0.717, 1.165) is 37.9 Å². The topological polar surface area (TPSA) is 120 Å². The molecule has 3 aliphatic heterocycles. The van der Waals surface area contributed by atoms with E-state index < -0.39 is 18.2 Å². The first-order valence-corrected chi connectivity index (χ1v) is 17.5. The van der Waals surface area contributed by atoms with Gasteiger partial charge in [0.05, 0.1) is 43.7 Å². The minimum atomic E-state index is -0.788. The summed E-state index contributed by atoms with van der Waals surface area (Å²) in [6.45, 7) is 2.95. The number of para-hydroxylation sites is 1. The molecule has 5 aromatic rings. The van der Waals surface area contributed by atoms with Gasteiger partial charge in [0.25, 0.3) is 0 Å². The van der Waals surface area contributed by atoms with Crippen LogP contribution < -0.4 is 19.4 Å². The normalized spacial score (nSPS) is 18.6.